The van der Waals surface area contributed by atoms with E-state index in [2.05, 4.69) is 68.4 Å². The Balaban J connectivity index is 0.000000301. The number of likely N-dealkylation sites (N-methyl/N-ethyl adjacent to an activating group) is 2. The first-order valence-electron chi connectivity index (χ1n) is 19.1. The molecule has 0 N–H and O–H groups in total. The monoisotopic (exact) mass is 906 g/mol. The number of nitrogens with zero attached hydrogens (tertiary/aromatic N) is 8. The second kappa shape index (κ2) is 23.6. The number of benzene rings is 4. The van der Waals surface area contributed by atoms with Crippen LogP contribution in [0.25, 0.3) is 0 Å². The van der Waals surface area contributed by atoms with Gasteiger partial charge in [0.25, 0.3) is 0 Å². The zero-order valence-electron chi connectivity index (χ0n) is 34.9. The summed E-state index contributed by atoms with van der Waals surface area (Å²) < 4.78 is 72.9. The first kappa shape index (κ1) is 48.4. The molecule has 0 unspecified atom stereocenters. The van der Waals surface area contributed by atoms with E-state index in [0.29, 0.717) is 24.3 Å². The molecule has 2 heterocycles. The van der Waals surface area contributed by atoms with Gasteiger partial charge in [-0.05, 0) is 132 Å². The maximum Gasteiger partial charge on any atom is 0.408 e. The van der Waals surface area contributed by atoms with E-state index in [1.165, 1.54) is 24.3 Å². The van der Waals surface area contributed by atoms with Gasteiger partial charge >= 0.3 is 10.3 Å². The Morgan fingerprint density at radius 3 is 1.21 bits per heavy atom. The predicted octanol–water partition coefficient (Wildman–Crippen LogP) is 8.46. The summed E-state index contributed by atoms with van der Waals surface area (Å²) in [6.07, 6.45) is 3.95. The molecular formula is C42H50N8O7S4. The molecule has 0 aliphatic carbocycles. The molecule has 0 radical (unpaired) electrons. The Bertz CT molecular complexity index is 2390. The topological polar surface area (TPSA) is 187 Å². The van der Waals surface area contributed by atoms with Crippen LogP contribution in [0.2, 0.25) is 0 Å². The summed E-state index contributed by atoms with van der Waals surface area (Å²) in [7, 11) is -4.63. The molecule has 6 aromatic rings. The van der Waals surface area contributed by atoms with Crippen LogP contribution in [0.15, 0.2) is 150 Å². The number of aryl methyl sites for hydroxylation is 4. The fourth-order valence-corrected chi connectivity index (χ4v) is 8.35. The fourth-order valence-electron chi connectivity index (χ4n) is 5.57. The minimum atomic E-state index is -4.28. The summed E-state index contributed by atoms with van der Waals surface area (Å²) in [6.45, 7) is 12.3. The average Bonchev–Trinajstić information content (AvgIpc) is 3.85. The molecule has 0 aliphatic heterocycles. The van der Waals surface area contributed by atoms with Gasteiger partial charge in [-0.25, -0.2) is 26.0 Å². The van der Waals surface area contributed by atoms with Crippen molar-refractivity contribution in [1.29, 1.82) is 0 Å². The van der Waals surface area contributed by atoms with Gasteiger partial charge in [0, 0.05) is 48.3 Å². The lowest BCUT2D eigenvalue weighted by Crippen LogP contribution is -2.30. The van der Waals surface area contributed by atoms with Crippen LogP contribution in [-0.4, -0.2) is 65.3 Å². The van der Waals surface area contributed by atoms with Gasteiger partial charge in [-0.3, -0.25) is 0 Å². The molecule has 0 aliphatic rings. The number of anilines is 2. The van der Waals surface area contributed by atoms with Crippen molar-refractivity contribution in [3.05, 3.63) is 131 Å². The number of aromatic nitrogens is 2. The van der Waals surface area contributed by atoms with Crippen molar-refractivity contribution >= 4 is 75.9 Å². The number of ether oxygens (including phenoxy) is 1. The summed E-state index contributed by atoms with van der Waals surface area (Å²) in [5.74, 6) is 0. The van der Waals surface area contributed by atoms with E-state index in [9.17, 15) is 25.9 Å². The second-order valence-corrected chi connectivity index (χ2v) is 17.7. The van der Waals surface area contributed by atoms with E-state index in [1.807, 2.05) is 70.6 Å². The van der Waals surface area contributed by atoms with Crippen LogP contribution < -0.4 is 18.9 Å². The van der Waals surface area contributed by atoms with Crippen molar-refractivity contribution in [3.63, 3.8) is 0 Å². The van der Waals surface area contributed by atoms with Gasteiger partial charge < -0.3 is 23.6 Å². The van der Waals surface area contributed by atoms with E-state index in [1.54, 1.807) is 60.8 Å². The van der Waals surface area contributed by atoms with Gasteiger partial charge in [-0.15, -0.1) is 0 Å². The third kappa shape index (κ3) is 15.6. The van der Waals surface area contributed by atoms with Crippen molar-refractivity contribution in [3.8, 4) is 0 Å². The highest BCUT2D eigenvalue weighted by Crippen LogP contribution is 2.24. The number of thiazole rings is 2. The molecule has 15 nitrogen and oxygen atoms in total. The minimum absolute atomic E-state index is 0.139. The van der Waals surface area contributed by atoms with Crippen LogP contribution in [-0.2, 0) is 39.1 Å². The molecule has 4 aromatic carbocycles. The standard InChI is InChI=1S/C28H36N8OS2.2C7H8O3S/c1-5-35(25-11-7-23(8-12-25)29-31-27-33(3)17-21-38-27)15-19-37-20-16-36(6-2)26-13-9-24(10-14-26)30-32-28-34(4)18-22-39-28;2*1-6-4-2-3-5-7(6)11(8,9)10/h7-14,17-18,21-22H,5-6,15-16,19-20H2,1-4H3;2*2-5H,1H3,(H,8,9,10)/q+2;;/p-2. The van der Waals surface area contributed by atoms with E-state index in [0.717, 1.165) is 59.2 Å². The molecule has 0 fully saturated rings. The number of azo groups is 2. The molecule has 0 atom stereocenters. The van der Waals surface area contributed by atoms with Crippen molar-refractivity contribution in [1.82, 2.24) is 0 Å². The highest BCUT2D eigenvalue weighted by Gasteiger charge is 2.11. The Kier molecular flexibility index (Phi) is 18.8. The second-order valence-electron chi connectivity index (χ2n) is 13.2. The highest BCUT2D eigenvalue weighted by atomic mass is 32.2. The smallest absolute Gasteiger partial charge is 0.408 e. The molecule has 324 valence electrons. The molecule has 19 heteroatoms. The summed E-state index contributed by atoms with van der Waals surface area (Å²) in [5, 5.41) is 23.1. The van der Waals surface area contributed by atoms with Crippen LogP contribution in [0.3, 0.4) is 0 Å². The molecule has 0 spiro atoms. The normalized spacial score (nSPS) is 11.5. The largest absolute Gasteiger partial charge is 0.744 e. The minimum Gasteiger partial charge on any atom is -0.744 e. The van der Waals surface area contributed by atoms with Gasteiger partial charge in [-0.1, -0.05) is 36.4 Å². The van der Waals surface area contributed by atoms with Gasteiger partial charge in [0.05, 0.1) is 47.3 Å². The van der Waals surface area contributed by atoms with E-state index >= 15 is 0 Å². The SMILES string of the molecule is CCN(CCOCCN(CC)c1ccc(N=Nc2scc[n+]2C)cc1)c1ccc(N=Nc2scc[n+]2C)cc1.Cc1ccccc1S(=O)(=O)[O-].Cc1ccccc1S(=O)(=O)[O-]. The highest BCUT2D eigenvalue weighted by molar-refractivity contribution is 7.86. The van der Waals surface area contributed by atoms with Crippen molar-refractivity contribution in [2.24, 2.45) is 34.6 Å². The lowest BCUT2D eigenvalue weighted by molar-refractivity contribution is -0.654. The summed E-state index contributed by atoms with van der Waals surface area (Å²) >= 11 is 3.13. The molecule has 2 aromatic heterocycles. The van der Waals surface area contributed by atoms with Crippen LogP contribution >= 0.6 is 22.7 Å². The third-order valence-corrected chi connectivity index (χ3v) is 12.6. The van der Waals surface area contributed by atoms with Gasteiger partial charge in [0.15, 0.2) is 0 Å². The van der Waals surface area contributed by atoms with E-state index < -0.39 is 20.2 Å². The maximum absolute atomic E-state index is 10.5. The predicted molar refractivity (Wildman–Crippen MR) is 237 cm³/mol. The average molecular weight is 907 g/mol. The number of rotatable bonds is 16. The van der Waals surface area contributed by atoms with Gasteiger partial charge in [0.2, 0.25) is 0 Å². The number of hydrogen-bond acceptors (Lipinski definition) is 15. The van der Waals surface area contributed by atoms with Crippen LogP contribution in [0.5, 0.6) is 0 Å². The van der Waals surface area contributed by atoms with Crippen molar-refractivity contribution in [2.75, 3.05) is 49.2 Å². The molecule has 0 saturated heterocycles. The Labute approximate surface area is 366 Å². The van der Waals surface area contributed by atoms with Crippen LogP contribution in [0.1, 0.15) is 25.0 Å². The molecule has 6 rings (SSSR count). The van der Waals surface area contributed by atoms with Crippen molar-refractivity contribution < 1.29 is 39.8 Å². The van der Waals surface area contributed by atoms with Crippen LogP contribution in [0.4, 0.5) is 33.0 Å². The quantitative estimate of drug-likeness (QED) is 0.0397. The Morgan fingerprint density at radius 1 is 0.574 bits per heavy atom. The van der Waals surface area contributed by atoms with Crippen LogP contribution in [0, 0.1) is 13.8 Å². The molecule has 0 bridgehead atoms. The van der Waals surface area contributed by atoms with Gasteiger partial charge in [0.1, 0.15) is 44.0 Å². The Hall–Kier alpha value is -5.28. The molecule has 0 saturated carbocycles. The third-order valence-electron chi connectivity index (χ3n) is 8.95. The lowest BCUT2D eigenvalue weighted by atomic mass is 10.2. The zero-order valence-corrected chi connectivity index (χ0v) is 38.1. The zero-order chi connectivity index (χ0) is 44.4. The summed E-state index contributed by atoms with van der Waals surface area (Å²) in [5.41, 5.74) is 4.97. The first-order valence-corrected chi connectivity index (χ1v) is 23.7. The lowest BCUT2D eigenvalue weighted by Gasteiger charge is -2.25. The van der Waals surface area contributed by atoms with E-state index in [-0.39, 0.29) is 9.79 Å². The Morgan fingerprint density at radius 2 is 0.934 bits per heavy atom. The maximum atomic E-state index is 10.5. The summed E-state index contributed by atoms with van der Waals surface area (Å²) in [4.78, 5) is 4.34. The van der Waals surface area contributed by atoms with Gasteiger partial charge in [-0.2, -0.15) is 0 Å². The molecule has 0 amide bonds. The molecular weight excluding hydrogens is 857 g/mol. The summed E-state index contributed by atoms with van der Waals surface area (Å²) in [6, 6.07) is 28.6. The molecule has 61 heavy (non-hydrogen) atoms. The van der Waals surface area contributed by atoms with E-state index in [4.69, 9.17) is 4.74 Å². The fraction of sp³-hybridized carbons (Fsp3) is 0.286. The number of hydrogen-bond donors (Lipinski definition) is 0. The van der Waals surface area contributed by atoms with Crippen molar-refractivity contribution in [2.45, 2.75) is 37.5 Å². The first-order chi connectivity index (χ1) is 29.1.